The van der Waals surface area contributed by atoms with E-state index in [0.717, 1.165) is 16.7 Å². The summed E-state index contributed by atoms with van der Waals surface area (Å²) >= 11 is 0. The Labute approximate surface area is 176 Å². The van der Waals surface area contributed by atoms with Gasteiger partial charge in [0.15, 0.2) is 0 Å². The van der Waals surface area contributed by atoms with Crippen LogP contribution in [0.25, 0.3) is 11.4 Å². The Morgan fingerprint density at radius 1 is 1.10 bits per heavy atom. The molecule has 0 fully saturated rings. The van der Waals surface area contributed by atoms with Gasteiger partial charge in [-0.15, -0.1) is 0 Å². The molecule has 0 aliphatic heterocycles. The zero-order valence-corrected chi connectivity index (χ0v) is 17.6. The average Bonchev–Trinajstić information content (AvgIpc) is 2.74. The lowest BCUT2D eigenvalue weighted by Crippen LogP contribution is -2.36. The lowest BCUT2D eigenvalue weighted by Gasteiger charge is -2.18. The minimum atomic E-state index is -0.298. The normalized spacial score (nSPS) is 11.9. The first-order valence-corrected chi connectivity index (χ1v) is 10.0. The maximum atomic E-state index is 13.1. The standard InChI is InChI=1S/C24H27N3O3/c1-16-9-11-19(12-10-16)17(2)25-22(29)15-27-23(20-7-5-4-6-8-20)26-18(3)21(13-14-28)24(27)30/h4-12,17,28H,13-15H2,1-3H3,(H,25,29). The van der Waals surface area contributed by atoms with Gasteiger partial charge in [0, 0.05) is 29.8 Å². The van der Waals surface area contributed by atoms with E-state index in [9.17, 15) is 14.7 Å². The quantitative estimate of drug-likeness (QED) is 0.633. The number of carbonyl (C=O) groups is 1. The lowest BCUT2D eigenvalue weighted by molar-refractivity contribution is -0.122. The molecule has 0 saturated heterocycles. The van der Waals surface area contributed by atoms with Crippen LogP contribution >= 0.6 is 0 Å². The molecule has 3 aromatic rings. The van der Waals surface area contributed by atoms with Gasteiger partial charge in [0.05, 0.1) is 6.04 Å². The summed E-state index contributed by atoms with van der Waals surface area (Å²) in [6.07, 6.45) is 0.203. The number of aromatic nitrogens is 2. The van der Waals surface area contributed by atoms with E-state index in [-0.39, 0.29) is 37.1 Å². The molecule has 6 heteroatoms. The largest absolute Gasteiger partial charge is 0.396 e. The summed E-state index contributed by atoms with van der Waals surface area (Å²) in [6, 6.07) is 17.1. The van der Waals surface area contributed by atoms with Gasteiger partial charge in [-0.1, -0.05) is 60.2 Å². The van der Waals surface area contributed by atoms with Crippen molar-refractivity contribution < 1.29 is 9.90 Å². The predicted molar refractivity (Wildman–Crippen MR) is 117 cm³/mol. The SMILES string of the molecule is Cc1ccc(C(C)NC(=O)Cn2c(-c3ccccc3)nc(C)c(CCO)c2=O)cc1. The third-order valence-corrected chi connectivity index (χ3v) is 5.12. The Morgan fingerprint density at radius 3 is 2.40 bits per heavy atom. The molecule has 2 N–H and O–H groups in total. The fourth-order valence-electron chi connectivity index (χ4n) is 3.42. The molecule has 1 atom stereocenters. The van der Waals surface area contributed by atoms with E-state index < -0.39 is 0 Å². The van der Waals surface area contributed by atoms with Crippen molar-refractivity contribution >= 4 is 5.91 Å². The number of carbonyl (C=O) groups excluding carboxylic acids is 1. The van der Waals surface area contributed by atoms with Crippen LogP contribution in [-0.4, -0.2) is 27.2 Å². The van der Waals surface area contributed by atoms with Crippen molar-refractivity contribution in [3.05, 3.63) is 87.3 Å². The minimum absolute atomic E-state index is 0.148. The van der Waals surface area contributed by atoms with Gasteiger partial charge in [0.2, 0.25) is 5.91 Å². The number of aliphatic hydroxyl groups is 1. The number of nitrogens with one attached hydrogen (secondary N) is 1. The summed E-state index contributed by atoms with van der Waals surface area (Å²) in [4.78, 5) is 30.5. The number of amides is 1. The van der Waals surface area contributed by atoms with E-state index in [2.05, 4.69) is 10.3 Å². The number of hydrogen-bond donors (Lipinski definition) is 2. The topological polar surface area (TPSA) is 84.2 Å². The van der Waals surface area contributed by atoms with Crippen molar-refractivity contribution in [2.75, 3.05) is 6.61 Å². The summed E-state index contributed by atoms with van der Waals surface area (Å²) in [5.74, 6) is 0.167. The zero-order valence-electron chi connectivity index (χ0n) is 17.6. The van der Waals surface area contributed by atoms with Crippen LogP contribution in [0, 0.1) is 13.8 Å². The van der Waals surface area contributed by atoms with Gasteiger partial charge >= 0.3 is 0 Å². The highest BCUT2D eigenvalue weighted by atomic mass is 16.3. The van der Waals surface area contributed by atoms with Crippen LogP contribution in [0.2, 0.25) is 0 Å². The second-order valence-corrected chi connectivity index (χ2v) is 7.43. The molecule has 0 aliphatic rings. The number of benzene rings is 2. The van der Waals surface area contributed by atoms with E-state index in [4.69, 9.17) is 0 Å². The Morgan fingerprint density at radius 2 is 1.77 bits per heavy atom. The maximum Gasteiger partial charge on any atom is 0.257 e. The van der Waals surface area contributed by atoms with Crippen molar-refractivity contribution in [1.82, 2.24) is 14.9 Å². The lowest BCUT2D eigenvalue weighted by atomic mass is 10.1. The van der Waals surface area contributed by atoms with Crippen LogP contribution < -0.4 is 10.9 Å². The average molecular weight is 405 g/mol. The highest BCUT2D eigenvalue weighted by Gasteiger charge is 2.18. The van der Waals surface area contributed by atoms with Crippen LogP contribution in [-0.2, 0) is 17.8 Å². The predicted octanol–water partition coefficient (Wildman–Crippen LogP) is 2.94. The molecule has 3 rings (SSSR count). The van der Waals surface area contributed by atoms with Crippen molar-refractivity contribution in [2.45, 2.75) is 39.8 Å². The van der Waals surface area contributed by atoms with Crippen LogP contribution in [0.1, 0.15) is 35.3 Å². The van der Waals surface area contributed by atoms with E-state index in [0.29, 0.717) is 17.1 Å². The molecule has 1 aromatic heterocycles. The molecule has 0 spiro atoms. The number of aryl methyl sites for hydroxylation is 2. The Balaban J connectivity index is 1.93. The molecule has 30 heavy (non-hydrogen) atoms. The second kappa shape index (κ2) is 9.50. The van der Waals surface area contributed by atoms with Gasteiger partial charge in [0.25, 0.3) is 5.56 Å². The molecular formula is C24H27N3O3. The van der Waals surface area contributed by atoms with E-state index in [1.165, 1.54) is 4.57 Å². The molecule has 1 amide bonds. The molecular weight excluding hydrogens is 378 g/mol. The van der Waals surface area contributed by atoms with Crippen LogP contribution in [0.4, 0.5) is 0 Å². The highest BCUT2D eigenvalue weighted by molar-refractivity contribution is 5.77. The first-order chi connectivity index (χ1) is 14.4. The zero-order chi connectivity index (χ0) is 21.7. The summed E-state index contributed by atoms with van der Waals surface area (Å²) < 4.78 is 1.39. The number of nitrogens with zero attached hydrogens (tertiary/aromatic N) is 2. The molecule has 2 aromatic carbocycles. The first-order valence-electron chi connectivity index (χ1n) is 10.0. The fourth-order valence-corrected chi connectivity index (χ4v) is 3.42. The highest BCUT2D eigenvalue weighted by Crippen LogP contribution is 2.18. The monoisotopic (exact) mass is 405 g/mol. The van der Waals surface area contributed by atoms with Crippen LogP contribution in [0.3, 0.4) is 0 Å². The van der Waals surface area contributed by atoms with Crippen LogP contribution in [0.15, 0.2) is 59.4 Å². The van der Waals surface area contributed by atoms with E-state index in [1.807, 2.05) is 68.4 Å². The van der Waals surface area contributed by atoms with Gasteiger partial charge in [-0.2, -0.15) is 0 Å². The molecule has 156 valence electrons. The fraction of sp³-hybridized carbons (Fsp3) is 0.292. The summed E-state index contributed by atoms with van der Waals surface area (Å²) in [5.41, 5.74) is 3.60. The first kappa shape index (κ1) is 21.5. The minimum Gasteiger partial charge on any atom is -0.396 e. The van der Waals surface area contributed by atoms with Crippen molar-refractivity contribution in [3.63, 3.8) is 0 Å². The van der Waals surface area contributed by atoms with Crippen LogP contribution in [0.5, 0.6) is 0 Å². The van der Waals surface area contributed by atoms with Gasteiger partial charge in [0.1, 0.15) is 12.4 Å². The molecule has 1 unspecified atom stereocenters. The Kier molecular flexibility index (Phi) is 6.79. The Bertz CT molecular complexity index is 1070. The number of rotatable bonds is 7. The summed E-state index contributed by atoms with van der Waals surface area (Å²) in [6.45, 7) is 5.37. The van der Waals surface area contributed by atoms with Crippen molar-refractivity contribution in [2.24, 2.45) is 0 Å². The second-order valence-electron chi connectivity index (χ2n) is 7.43. The van der Waals surface area contributed by atoms with E-state index in [1.54, 1.807) is 6.92 Å². The smallest absolute Gasteiger partial charge is 0.257 e. The maximum absolute atomic E-state index is 13.1. The van der Waals surface area contributed by atoms with Gasteiger partial charge in [-0.25, -0.2) is 4.98 Å². The third-order valence-electron chi connectivity index (χ3n) is 5.12. The molecule has 0 saturated carbocycles. The van der Waals surface area contributed by atoms with Crippen molar-refractivity contribution in [3.8, 4) is 11.4 Å². The van der Waals surface area contributed by atoms with Gasteiger partial charge < -0.3 is 10.4 Å². The van der Waals surface area contributed by atoms with Gasteiger partial charge in [-0.3, -0.25) is 14.2 Å². The number of aliphatic hydroxyl groups excluding tert-OH is 1. The summed E-state index contributed by atoms with van der Waals surface area (Å²) in [5, 5.41) is 12.3. The summed E-state index contributed by atoms with van der Waals surface area (Å²) in [7, 11) is 0. The van der Waals surface area contributed by atoms with Crippen molar-refractivity contribution in [1.29, 1.82) is 0 Å². The number of hydrogen-bond acceptors (Lipinski definition) is 4. The molecule has 0 radical (unpaired) electrons. The molecule has 1 heterocycles. The van der Waals surface area contributed by atoms with E-state index >= 15 is 0 Å². The molecule has 0 bridgehead atoms. The molecule has 0 aliphatic carbocycles. The Hall–Kier alpha value is -3.25. The van der Waals surface area contributed by atoms with Gasteiger partial charge in [-0.05, 0) is 26.3 Å². The molecule has 6 nitrogen and oxygen atoms in total. The third kappa shape index (κ3) is 4.83.